The molecule has 0 heterocycles. The summed E-state index contributed by atoms with van der Waals surface area (Å²) in [7, 11) is -4.24. The van der Waals surface area contributed by atoms with Crippen LogP contribution in [0, 0.1) is 11.7 Å². The second kappa shape index (κ2) is 8.73. The number of anilines is 1. The van der Waals surface area contributed by atoms with Gasteiger partial charge in [-0.15, -0.1) is 0 Å². The topological polar surface area (TPSA) is 66.5 Å². The van der Waals surface area contributed by atoms with Crippen molar-refractivity contribution in [3.63, 3.8) is 0 Å². The van der Waals surface area contributed by atoms with Gasteiger partial charge in [-0.05, 0) is 43.0 Å². The first-order valence-corrected chi connectivity index (χ1v) is 11.0. The van der Waals surface area contributed by atoms with Crippen molar-refractivity contribution in [2.45, 2.75) is 43.5 Å². The molecule has 0 bridgehead atoms. The number of para-hydroxylation sites is 1. The van der Waals surface area contributed by atoms with Crippen LogP contribution in [0.15, 0.2) is 59.5 Å². The van der Waals surface area contributed by atoms with Crippen LogP contribution in [0.25, 0.3) is 0 Å². The summed E-state index contributed by atoms with van der Waals surface area (Å²) in [6.45, 7) is 1.69. The fourth-order valence-electron chi connectivity index (χ4n) is 3.60. The number of hydrogen-bond acceptors (Lipinski definition) is 3. The highest BCUT2D eigenvalue weighted by atomic mass is 32.2. The lowest BCUT2D eigenvalue weighted by atomic mass is 9.86. The summed E-state index contributed by atoms with van der Waals surface area (Å²) in [4.78, 5) is 12.2. The van der Waals surface area contributed by atoms with Crippen molar-refractivity contribution in [3.8, 4) is 0 Å². The number of amides is 1. The Morgan fingerprint density at radius 1 is 1.07 bits per heavy atom. The summed E-state index contributed by atoms with van der Waals surface area (Å²) < 4.78 is 41.5. The Hall–Kier alpha value is -2.41. The van der Waals surface area contributed by atoms with E-state index in [1.165, 1.54) is 18.2 Å². The van der Waals surface area contributed by atoms with Crippen molar-refractivity contribution in [3.05, 3.63) is 60.4 Å². The van der Waals surface area contributed by atoms with Crippen molar-refractivity contribution < 1.29 is 17.6 Å². The van der Waals surface area contributed by atoms with Gasteiger partial charge in [0.1, 0.15) is 17.3 Å². The molecule has 2 atom stereocenters. The van der Waals surface area contributed by atoms with Gasteiger partial charge < -0.3 is 5.32 Å². The average Bonchev–Trinajstić information content (AvgIpc) is 2.68. The third-order valence-electron chi connectivity index (χ3n) is 5.19. The first-order valence-electron chi connectivity index (χ1n) is 9.51. The van der Waals surface area contributed by atoms with Crippen LogP contribution >= 0.6 is 0 Å². The molecule has 1 saturated carbocycles. The second-order valence-electron chi connectivity index (χ2n) is 7.21. The number of nitrogens with one attached hydrogen (secondary N) is 1. The number of benzene rings is 2. The van der Waals surface area contributed by atoms with Gasteiger partial charge in [0.25, 0.3) is 10.0 Å². The summed E-state index contributed by atoms with van der Waals surface area (Å²) in [5.74, 6) is -0.877. The molecule has 0 saturated heterocycles. The van der Waals surface area contributed by atoms with Crippen molar-refractivity contribution in [1.82, 2.24) is 5.32 Å². The molecule has 7 heteroatoms. The molecule has 1 aliphatic carbocycles. The second-order valence-corrected chi connectivity index (χ2v) is 9.04. The van der Waals surface area contributed by atoms with Gasteiger partial charge in [0.15, 0.2) is 0 Å². The van der Waals surface area contributed by atoms with Gasteiger partial charge in [-0.3, -0.25) is 9.10 Å². The molecule has 2 aromatic rings. The molecule has 2 aromatic carbocycles. The molecular weight excluding hydrogens is 379 g/mol. The summed E-state index contributed by atoms with van der Waals surface area (Å²) in [5, 5.41) is 2.97. The lowest BCUT2D eigenvalue weighted by Crippen LogP contribution is -2.47. The van der Waals surface area contributed by atoms with E-state index >= 15 is 0 Å². The molecule has 1 N–H and O–H groups in total. The van der Waals surface area contributed by atoms with Crippen LogP contribution in [0.1, 0.15) is 32.6 Å². The summed E-state index contributed by atoms with van der Waals surface area (Å²) in [6, 6.07) is 13.5. The van der Waals surface area contributed by atoms with Crippen LogP contribution in [-0.2, 0) is 14.8 Å². The number of carbonyl (C=O) groups is 1. The number of nitrogens with zero attached hydrogens (tertiary/aromatic N) is 1. The van der Waals surface area contributed by atoms with Gasteiger partial charge in [0.05, 0.1) is 5.69 Å². The molecule has 5 nitrogen and oxygen atoms in total. The Balaban J connectivity index is 1.88. The molecule has 150 valence electrons. The van der Waals surface area contributed by atoms with Gasteiger partial charge in [-0.1, -0.05) is 50.1 Å². The maximum Gasteiger partial charge on any atom is 0.267 e. The van der Waals surface area contributed by atoms with E-state index in [0.29, 0.717) is 11.6 Å². The largest absolute Gasteiger partial charge is 0.352 e. The first-order chi connectivity index (χ1) is 13.4. The molecule has 3 rings (SSSR count). The summed E-state index contributed by atoms with van der Waals surface area (Å²) in [5.41, 5.74) is 0.317. The zero-order chi connectivity index (χ0) is 20.1. The van der Waals surface area contributed by atoms with E-state index in [4.69, 9.17) is 0 Å². The Bertz CT molecular complexity index is 918. The van der Waals surface area contributed by atoms with Crippen LogP contribution in [0.2, 0.25) is 0 Å². The predicted molar refractivity (Wildman–Crippen MR) is 107 cm³/mol. The van der Waals surface area contributed by atoms with Crippen molar-refractivity contribution >= 4 is 21.6 Å². The number of carbonyl (C=O) groups excluding carboxylic acids is 1. The monoisotopic (exact) mass is 404 g/mol. The van der Waals surface area contributed by atoms with Crippen LogP contribution in [-0.4, -0.2) is 26.9 Å². The Morgan fingerprint density at radius 2 is 1.71 bits per heavy atom. The Labute approximate surface area is 165 Å². The highest BCUT2D eigenvalue weighted by molar-refractivity contribution is 7.92. The third-order valence-corrected chi connectivity index (χ3v) is 7.00. The first kappa shape index (κ1) is 20.3. The van der Waals surface area contributed by atoms with E-state index in [0.717, 1.165) is 36.1 Å². The molecule has 28 heavy (non-hydrogen) atoms. The maximum atomic E-state index is 14.2. The van der Waals surface area contributed by atoms with Crippen LogP contribution < -0.4 is 9.62 Å². The van der Waals surface area contributed by atoms with Gasteiger partial charge in [-0.25, -0.2) is 12.8 Å². The summed E-state index contributed by atoms with van der Waals surface area (Å²) in [6.07, 6.45) is 4.12. The fourth-order valence-corrected chi connectivity index (χ4v) is 5.08. The number of rotatable bonds is 6. The lowest BCUT2D eigenvalue weighted by molar-refractivity contribution is -0.120. The number of hydrogen-bond donors (Lipinski definition) is 1. The van der Waals surface area contributed by atoms with Crippen molar-refractivity contribution in [1.29, 1.82) is 0 Å². The molecule has 1 aliphatic rings. The average molecular weight is 405 g/mol. The van der Waals surface area contributed by atoms with Gasteiger partial charge in [-0.2, -0.15) is 0 Å². The van der Waals surface area contributed by atoms with E-state index in [2.05, 4.69) is 12.2 Å². The quantitative estimate of drug-likeness (QED) is 0.798. The van der Waals surface area contributed by atoms with Crippen LogP contribution in [0.5, 0.6) is 0 Å². The predicted octanol–water partition coefficient (Wildman–Crippen LogP) is 3.72. The molecule has 0 spiro atoms. The van der Waals surface area contributed by atoms with Crippen LogP contribution in [0.4, 0.5) is 10.1 Å². The molecule has 0 radical (unpaired) electrons. The van der Waals surface area contributed by atoms with Gasteiger partial charge in [0.2, 0.25) is 5.91 Å². The maximum absolute atomic E-state index is 14.2. The van der Waals surface area contributed by atoms with E-state index in [-0.39, 0.29) is 11.9 Å². The SMILES string of the molecule is C[C@@H]1CCCC[C@H]1NC(=O)CN(c1ccccc1)S(=O)(=O)c1ccccc1F. The molecule has 0 unspecified atom stereocenters. The molecular formula is C21H25FN2O3S. The zero-order valence-corrected chi connectivity index (χ0v) is 16.7. The van der Waals surface area contributed by atoms with E-state index in [1.54, 1.807) is 30.3 Å². The highest BCUT2D eigenvalue weighted by Crippen LogP contribution is 2.26. The molecule has 1 fully saturated rings. The zero-order valence-electron chi connectivity index (χ0n) is 15.8. The van der Waals surface area contributed by atoms with E-state index < -0.39 is 27.3 Å². The number of sulfonamides is 1. The van der Waals surface area contributed by atoms with E-state index in [1.807, 2.05) is 0 Å². The molecule has 0 aromatic heterocycles. The Morgan fingerprint density at radius 3 is 2.39 bits per heavy atom. The van der Waals surface area contributed by atoms with Crippen LogP contribution in [0.3, 0.4) is 0 Å². The van der Waals surface area contributed by atoms with Crippen molar-refractivity contribution in [2.75, 3.05) is 10.8 Å². The minimum absolute atomic E-state index is 0.0371. The lowest BCUT2D eigenvalue weighted by Gasteiger charge is -2.31. The normalized spacial score (nSPS) is 19.8. The standard InChI is InChI=1S/C21H25FN2O3S/c1-16-9-5-7-13-19(16)23-21(25)15-24(17-10-3-2-4-11-17)28(26,27)20-14-8-6-12-18(20)22/h2-4,6,8,10-12,14,16,19H,5,7,9,13,15H2,1H3,(H,23,25)/t16-,19-/m1/s1. The van der Waals surface area contributed by atoms with Gasteiger partial charge in [0, 0.05) is 6.04 Å². The highest BCUT2D eigenvalue weighted by Gasteiger charge is 2.31. The minimum Gasteiger partial charge on any atom is -0.352 e. The third kappa shape index (κ3) is 4.52. The Kier molecular flexibility index (Phi) is 6.34. The van der Waals surface area contributed by atoms with Gasteiger partial charge >= 0.3 is 0 Å². The number of halogens is 1. The summed E-state index contributed by atoms with van der Waals surface area (Å²) >= 11 is 0. The molecule has 1 amide bonds. The fraction of sp³-hybridized carbons (Fsp3) is 0.381. The smallest absolute Gasteiger partial charge is 0.267 e. The molecule has 0 aliphatic heterocycles. The minimum atomic E-state index is -4.24. The van der Waals surface area contributed by atoms with E-state index in [9.17, 15) is 17.6 Å². The van der Waals surface area contributed by atoms with Crippen molar-refractivity contribution in [2.24, 2.45) is 5.92 Å².